The zero-order valence-corrected chi connectivity index (χ0v) is 15.9. The van der Waals surface area contributed by atoms with Crippen LogP contribution in [0.1, 0.15) is 27.6 Å². The number of benzene rings is 2. The molecule has 0 bridgehead atoms. The molecule has 142 valence electrons. The first kappa shape index (κ1) is 19.3. The molecule has 0 saturated carbocycles. The number of Topliss-reactive ketones (excluding diaryl/α,β-unsaturated/α-hetero) is 1. The van der Waals surface area contributed by atoms with Gasteiger partial charge in [0.2, 0.25) is 5.95 Å². The van der Waals surface area contributed by atoms with Gasteiger partial charge in [-0.1, -0.05) is 11.6 Å². The van der Waals surface area contributed by atoms with Crippen LogP contribution in [-0.4, -0.2) is 28.8 Å². The molecule has 8 heteroatoms. The SMILES string of the molecule is COc1ccc(Cl)cc1Nc1ncc(C(=O)Nc2ccc(C(C)=O)cc2)cn1. The lowest BCUT2D eigenvalue weighted by molar-refractivity contribution is 0.101. The molecule has 0 aliphatic carbocycles. The first-order valence-corrected chi connectivity index (χ1v) is 8.69. The highest BCUT2D eigenvalue weighted by molar-refractivity contribution is 6.31. The smallest absolute Gasteiger partial charge is 0.258 e. The van der Waals surface area contributed by atoms with E-state index >= 15 is 0 Å². The molecule has 28 heavy (non-hydrogen) atoms. The fourth-order valence-corrected chi connectivity index (χ4v) is 2.57. The number of hydrogen-bond donors (Lipinski definition) is 2. The van der Waals surface area contributed by atoms with Crippen molar-refractivity contribution in [1.29, 1.82) is 0 Å². The molecule has 0 saturated heterocycles. The quantitative estimate of drug-likeness (QED) is 0.602. The third-order valence-electron chi connectivity index (χ3n) is 3.87. The number of nitrogens with zero attached hydrogens (tertiary/aromatic N) is 2. The van der Waals surface area contributed by atoms with Crippen LogP contribution in [-0.2, 0) is 0 Å². The lowest BCUT2D eigenvalue weighted by atomic mass is 10.1. The van der Waals surface area contributed by atoms with Crippen molar-refractivity contribution >= 4 is 40.6 Å². The standard InChI is InChI=1S/C20H17ClN4O3/c1-12(26)13-3-6-16(7-4-13)24-19(27)14-10-22-20(23-11-14)25-17-9-15(21)5-8-18(17)28-2/h3-11H,1-2H3,(H,24,27)(H,22,23,25). The molecule has 1 heterocycles. The fourth-order valence-electron chi connectivity index (χ4n) is 2.40. The predicted molar refractivity (Wildman–Crippen MR) is 108 cm³/mol. The van der Waals surface area contributed by atoms with Gasteiger partial charge in [-0.25, -0.2) is 9.97 Å². The molecule has 3 aromatic rings. The summed E-state index contributed by atoms with van der Waals surface area (Å²) in [5.74, 6) is 0.486. The summed E-state index contributed by atoms with van der Waals surface area (Å²) >= 11 is 6.00. The molecule has 1 aromatic heterocycles. The number of methoxy groups -OCH3 is 1. The zero-order chi connectivity index (χ0) is 20.1. The van der Waals surface area contributed by atoms with Crippen molar-refractivity contribution in [2.24, 2.45) is 0 Å². The molecule has 1 amide bonds. The number of carbonyl (C=O) groups excluding carboxylic acids is 2. The molecule has 0 aliphatic rings. The number of ether oxygens (including phenoxy) is 1. The Kier molecular flexibility index (Phi) is 5.86. The van der Waals surface area contributed by atoms with E-state index in [0.717, 1.165) is 0 Å². The van der Waals surface area contributed by atoms with E-state index < -0.39 is 0 Å². The minimum Gasteiger partial charge on any atom is -0.495 e. The van der Waals surface area contributed by atoms with Crippen LogP contribution in [0.25, 0.3) is 0 Å². The zero-order valence-electron chi connectivity index (χ0n) is 15.2. The van der Waals surface area contributed by atoms with E-state index in [1.807, 2.05) is 0 Å². The van der Waals surface area contributed by atoms with Crippen LogP contribution in [0.15, 0.2) is 54.9 Å². The van der Waals surface area contributed by atoms with Crippen LogP contribution in [0.3, 0.4) is 0 Å². The Balaban J connectivity index is 1.69. The maximum absolute atomic E-state index is 12.3. The number of anilines is 3. The molecule has 3 rings (SSSR count). The number of aromatic nitrogens is 2. The van der Waals surface area contributed by atoms with Crippen LogP contribution in [0.2, 0.25) is 5.02 Å². The molecule has 0 unspecified atom stereocenters. The van der Waals surface area contributed by atoms with Crippen LogP contribution in [0.4, 0.5) is 17.3 Å². The number of halogens is 1. The summed E-state index contributed by atoms with van der Waals surface area (Å²) in [5, 5.41) is 6.27. The van der Waals surface area contributed by atoms with E-state index in [0.29, 0.717) is 39.2 Å². The van der Waals surface area contributed by atoms with Gasteiger partial charge in [0.05, 0.1) is 18.4 Å². The Hall–Kier alpha value is -3.45. The highest BCUT2D eigenvalue weighted by Gasteiger charge is 2.10. The molecule has 0 atom stereocenters. The maximum Gasteiger partial charge on any atom is 0.258 e. The van der Waals surface area contributed by atoms with Gasteiger partial charge in [-0.3, -0.25) is 9.59 Å². The molecule has 7 nitrogen and oxygen atoms in total. The van der Waals surface area contributed by atoms with Crippen LogP contribution >= 0.6 is 11.6 Å². The van der Waals surface area contributed by atoms with E-state index in [1.165, 1.54) is 19.3 Å². The number of ketones is 1. The van der Waals surface area contributed by atoms with Gasteiger partial charge >= 0.3 is 0 Å². The third-order valence-corrected chi connectivity index (χ3v) is 4.11. The normalized spacial score (nSPS) is 10.2. The molecule has 0 radical (unpaired) electrons. The van der Waals surface area contributed by atoms with Gasteiger partial charge in [0, 0.05) is 28.7 Å². The summed E-state index contributed by atoms with van der Waals surface area (Å²) in [7, 11) is 1.55. The largest absolute Gasteiger partial charge is 0.495 e. The Labute approximate surface area is 166 Å². The topological polar surface area (TPSA) is 93.2 Å². The van der Waals surface area contributed by atoms with E-state index in [-0.39, 0.29) is 11.7 Å². The molecule has 2 aromatic carbocycles. The van der Waals surface area contributed by atoms with Crippen LogP contribution in [0, 0.1) is 0 Å². The minimum absolute atomic E-state index is 0.0364. The van der Waals surface area contributed by atoms with Crippen molar-refractivity contribution in [3.05, 3.63) is 71.0 Å². The minimum atomic E-state index is -0.359. The number of nitrogens with one attached hydrogen (secondary N) is 2. The molecular weight excluding hydrogens is 380 g/mol. The Morgan fingerprint density at radius 2 is 1.68 bits per heavy atom. The maximum atomic E-state index is 12.3. The third kappa shape index (κ3) is 4.63. The molecular formula is C20H17ClN4O3. The van der Waals surface area contributed by atoms with Crippen molar-refractivity contribution < 1.29 is 14.3 Å². The van der Waals surface area contributed by atoms with E-state index in [9.17, 15) is 9.59 Å². The van der Waals surface area contributed by atoms with Crippen molar-refractivity contribution in [2.75, 3.05) is 17.7 Å². The Morgan fingerprint density at radius 3 is 2.29 bits per heavy atom. The number of rotatable bonds is 6. The first-order chi connectivity index (χ1) is 13.5. The fraction of sp³-hybridized carbons (Fsp3) is 0.100. The Morgan fingerprint density at radius 1 is 1.00 bits per heavy atom. The predicted octanol–water partition coefficient (Wildman–Crippen LogP) is 4.34. The number of hydrogen-bond acceptors (Lipinski definition) is 6. The van der Waals surface area contributed by atoms with E-state index in [1.54, 1.807) is 49.6 Å². The average molecular weight is 397 g/mol. The van der Waals surface area contributed by atoms with Gasteiger partial charge in [-0.2, -0.15) is 0 Å². The lowest BCUT2D eigenvalue weighted by Gasteiger charge is -2.10. The van der Waals surface area contributed by atoms with E-state index in [4.69, 9.17) is 16.3 Å². The number of carbonyl (C=O) groups is 2. The highest BCUT2D eigenvalue weighted by atomic mass is 35.5. The summed E-state index contributed by atoms with van der Waals surface area (Å²) in [6, 6.07) is 11.8. The molecule has 0 fully saturated rings. The van der Waals surface area contributed by atoms with Gasteiger partial charge in [0.1, 0.15) is 5.75 Å². The second-order valence-corrected chi connectivity index (χ2v) is 6.29. The summed E-state index contributed by atoms with van der Waals surface area (Å²) in [5.41, 5.74) is 2.05. The lowest BCUT2D eigenvalue weighted by Crippen LogP contribution is -2.13. The second kappa shape index (κ2) is 8.49. The first-order valence-electron chi connectivity index (χ1n) is 8.31. The molecule has 2 N–H and O–H groups in total. The van der Waals surface area contributed by atoms with E-state index in [2.05, 4.69) is 20.6 Å². The van der Waals surface area contributed by atoms with Gasteiger partial charge in [-0.05, 0) is 49.4 Å². The van der Waals surface area contributed by atoms with Crippen LogP contribution in [0.5, 0.6) is 5.75 Å². The average Bonchev–Trinajstić information content (AvgIpc) is 2.69. The van der Waals surface area contributed by atoms with Gasteiger partial charge in [0.15, 0.2) is 5.78 Å². The van der Waals surface area contributed by atoms with Crippen molar-refractivity contribution in [2.45, 2.75) is 6.92 Å². The monoisotopic (exact) mass is 396 g/mol. The number of amides is 1. The van der Waals surface area contributed by atoms with Crippen molar-refractivity contribution in [1.82, 2.24) is 9.97 Å². The van der Waals surface area contributed by atoms with Crippen molar-refractivity contribution in [3.63, 3.8) is 0 Å². The summed E-state index contributed by atoms with van der Waals surface area (Å²) < 4.78 is 5.26. The highest BCUT2D eigenvalue weighted by Crippen LogP contribution is 2.29. The van der Waals surface area contributed by atoms with Gasteiger partial charge in [-0.15, -0.1) is 0 Å². The van der Waals surface area contributed by atoms with Gasteiger partial charge < -0.3 is 15.4 Å². The summed E-state index contributed by atoms with van der Waals surface area (Å²) in [6.07, 6.45) is 2.82. The summed E-state index contributed by atoms with van der Waals surface area (Å²) in [4.78, 5) is 31.9. The van der Waals surface area contributed by atoms with Crippen LogP contribution < -0.4 is 15.4 Å². The second-order valence-electron chi connectivity index (χ2n) is 5.85. The molecule has 0 aliphatic heterocycles. The van der Waals surface area contributed by atoms with Crippen molar-refractivity contribution in [3.8, 4) is 5.75 Å². The van der Waals surface area contributed by atoms with Gasteiger partial charge in [0.25, 0.3) is 5.91 Å². The Bertz CT molecular complexity index is 1000. The molecule has 0 spiro atoms. The summed E-state index contributed by atoms with van der Waals surface area (Å²) in [6.45, 7) is 1.49.